The molecule has 1 rings (SSSR count). The van der Waals surface area contributed by atoms with Crippen LogP contribution in [0.15, 0.2) is 17.6 Å². The van der Waals surface area contributed by atoms with Crippen LogP contribution in [0, 0.1) is 0 Å². The summed E-state index contributed by atoms with van der Waals surface area (Å²) in [6.45, 7) is 6.52. The summed E-state index contributed by atoms with van der Waals surface area (Å²) in [6, 6.07) is 0. The van der Waals surface area contributed by atoms with E-state index in [0.717, 1.165) is 5.16 Å². The molecule has 0 amide bonds. The second-order valence-electron chi connectivity index (χ2n) is 4.42. The minimum Gasteiger partial charge on any atom is -0.232 e. The summed E-state index contributed by atoms with van der Waals surface area (Å²) < 4.78 is 0. The third-order valence-electron chi connectivity index (χ3n) is 1.90. The van der Waals surface area contributed by atoms with Gasteiger partial charge in [-0.05, 0) is 23.5 Å². The van der Waals surface area contributed by atoms with Gasteiger partial charge in [-0.15, -0.1) is 0 Å². The quantitative estimate of drug-likeness (QED) is 0.554. The summed E-state index contributed by atoms with van der Waals surface area (Å²) in [5.74, 6) is 0. The lowest BCUT2D eigenvalue weighted by Crippen LogP contribution is -2.12. The number of aromatic nitrogens is 2. The van der Waals surface area contributed by atoms with Crippen LogP contribution in [-0.2, 0) is 5.41 Å². The zero-order valence-electron chi connectivity index (χ0n) is 9.00. The van der Waals surface area contributed by atoms with Crippen LogP contribution < -0.4 is 0 Å². The Morgan fingerprint density at radius 2 is 1.54 bits per heavy atom. The molecule has 0 saturated carbocycles. The molecule has 0 aliphatic carbocycles. The Hall–Kier alpha value is -0.570. The van der Waals surface area contributed by atoms with E-state index >= 15 is 0 Å². The van der Waals surface area contributed by atoms with Crippen LogP contribution in [0.5, 0.6) is 0 Å². The number of rotatable bonds is 1. The lowest BCUT2D eigenvalue weighted by molar-refractivity contribution is 0.580. The van der Waals surface area contributed by atoms with Crippen molar-refractivity contribution in [3.8, 4) is 0 Å². The summed E-state index contributed by atoms with van der Waals surface area (Å²) in [5.41, 5.74) is 1.36. The smallest absolute Gasteiger partial charge is 0.166 e. The summed E-state index contributed by atoms with van der Waals surface area (Å²) in [5, 5.41) is 0.989. The molecule has 0 spiro atoms. The van der Waals surface area contributed by atoms with Crippen molar-refractivity contribution in [1.82, 2.24) is 9.97 Å². The van der Waals surface area contributed by atoms with E-state index in [9.17, 15) is 0 Å². The van der Waals surface area contributed by atoms with Gasteiger partial charge in [-0.3, -0.25) is 0 Å². The van der Waals surface area contributed by atoms with Gasteiger partial charge in [-0.1, -0.05) is 20.8 Å². The first kappa shape index (κ1) is 10.5. The molecule has 0 atom stereocenters. The molecule has 0 aromatic carbocycles. The summed E-state index contributed by atoms with van der Waals surface area (Å²) in [6.07, 6.45) is 8.23. The van der Waals surface area contributed by atoms with Gasteiger partial charge in [0.05, 0.1) is 0 Å². The van der Waals surface area contributed by atoms with Crippen LogP contribution in [0.3, 0.4) is 0 Å². The van der Waals surface area contributed by atoms with Gasteiger partial charge in [0.25, 0.3) is 0 Å². The molecule has 0 saturated heterocycles. The Kier molecular flexibility index (Phi) is 2.96. The molecule has 1 aromatic heterocycles. The van der Waals surface area contributed by atoms with Crippen molar-refractivity contribution >= 4 is 10.9 Å². The average Bonchev–Trinajstić information content (AvgIpc) is 2.03. The molecule has 0 aliphatic heterocycles. The molecular weight excluding hydrogens is 180 g/mol. The maximum atomic E-state index is 4.36. The van der Waals surface area contributed by atoms with E-state index in [1.165, 1.54) is 5.56 Å². The van der Waals surface area contributed by atoms with Gasteiger partial charge in [0.2, 0.25) is 0 Å². The molecule has 3 heteroatoms. The maximum Gasteiger partial charge on any atom is 0.166 e. The summed E-state index contributed by atoms with van der Waals surface area (Å²) in [4.78, 5) is 8.72. The second-order valence-corrected chi connectivity index (χ2v) is 6.61. The monoisotopic (exact) mass is 198 g/mol. The molecule has 2 nitrogen and oxygen atoms in total. The molecule has 0 aliphatic rings. The van der Waals surface area contributed by atoms with Crippen LogP contribution in [0.2, 0.25) is 0 Å². The van der Waals surface area contributed by atoms with E-state index in [-0.39, 0.29) is 16.3 Å². The van der Waals surface area contributed by atoms with Crippen LogP contribution >= 0.6 is 10.9 Å². The average molecular weight is 198 g/mol. The van der Waals surface area contributed by atoms with Crippen LogP contribution in [0.4, 0.5) is 0 Å². The van der Waals surface area contributed by atoms with E-state index in [0.29, 0.717) is 0 Å². The Bertz CT molecular complexity index is 272. The highest BCUT2D eigenvalue weighted by Crippen LogP contribution is 2.25. The summed E-state index contributed by atoms with van der Waals surface area (Å²) in [7, 11) is -0.166. The third-order valence-corrected chi connectivity index (χ3v) is 2.94. The number of nitrogens with zero attached hydrogens (tertiary/aromatic N) is 2. The van der Waals surface area contributed by atoms with Crippen molar-refractivity contribution in [2.24, 2.45) is 0 Å². The topological polar surface area (TPSA) is 25.8 Å². The molecule has 0 N–H and O–H groups in total. The van der Waals surface area contributed by atoms with Gasteiger partial charge in [-0.2, -0.15) is 10.9 Å². The van der Waals surface area contributed by atoms with Crippen molar-refractivity contribution in [2.75, 3.05) is 12.5 Å². The Morgan fingerprint density at radius 3 is 1.85 bits per heavy atom. The highest BCUT2D eigenvalue weighted by Gasteiger charge is 2.14. The van der Waals surface area contributed by atoms with Gasteiger partial charge in [0, 0.05) is 12.4 Å². The zero-order chi connectivity index (χ0) is 10.1. The fourth-order valence-electron chi connectivity index (χ4n) is 0.939. The number of thiol groups is 1. The first-order valence-electron chi connectivity index (χ1n) is 4.41. The molecule has 0 radical (unpaired) electrons. The highest BCUT2D eigenvalue weighted by atomic mass is 32.2. The maximum absolute atomic E-state index is 4.36. The van der Waals surface area contributed by atoms with Crippen molar-refractivity contribution in [2.45, 2.75) is 31.3 Å². The first-order valence-corrected chi connectivity index (χ1v) is 6.65. The first-order chi connectivity index (χ1) is 5.91. The molecule has 1 heterocycles. The second kappa shape index (κ2) is 3.66. The molecule has 1 aromatic rings. The SMILES string of the molecule is C[SH](C)c1ncc(C(C)(C)C)cn1. The standard InChI is InChI=1S/C10H18N2S/c1-10(2,3)8-6-11-9(12-7-8)13(4)5/h6-7,13H,1-5H3. The van der Waals surface area contributed by atoms with Crippen molar-refractivity contribution in [1.29, 1.82) is 0 Å². The van der Waals surface area contributed by atoms with Crippen molar-refractivity contribution < 1.29 is 0 Å². The fraction of sp³-hybridized carbons (Fsp3) is 0.600. The summed E-state index contributed by atoms with van der Waals surface area (Å²) >= 11 is 0. The fourth-order valence-corrected chi connectivity index (χ4v) is 1.52. The van der Waals surface area contributed by atoms with Crippen LogP contribution in [0.25, 0.3) is 0 Å². The molecule has 13 heavy (non-hydrogen) atoms. The Morgan fingerprint density at radius 1 is 1.08 bits per heavy atom. The van der Waals surface area contributed by atoms with E-state index in [1.54, 1.807) is 0 Å². The van der Waals surface area contributed by atoms with Crippen LogP contribution in [-0.4, -0.2) is 22.5 Å². The van der Waals surface area contributed by atoms with Gasteiger partial charge in [0.1, 0.15) is 0 Å². The Balaban J connectivity index is 2.94. The normalized spacial score (nSPS) is 12.8. The van der Waals surface area contributed by atoms with Gasteiger partial charge >= 0.3 is 0 Å². The molecule has 0 bridgehead atoms. The third kappa shape index (κ3) is 2.69. The van der Waals surface area contributed by atoms with Gasteiger partial charge in [-0.25, -0.2) is 9.97 Å². The van der Waals surface area contributed by atoms with Crippen molar-refractivity contribution in [3.05, 3.63) is 18.0 Å². The minimum absolute atomic E-state index is 0.156. The molecule has 0 fully saturated rings. The molecule has 0 unspecified atom stereocenters. The lowest BCUT2D eigenvalue weighted by atomic mass is 9.89. The van der Waals surface area contributed by atoms with Gasteiger partial charge < -0.3 is 0 Å². The van der Waals surface area contributed by atoms with Crippen LogP contribution in [0.1, 0.15) is 26.3 Å². The largest absolute Gasteiger partial charge is 0.232 e. The highest BCUT2D eigenvalue weighted by molar-refractivity contribution is 8.15. The van der Waals surface area contributed by atoms with Crippen molar-refractivity contribution in [3.63, 3.8) is 0 Å². The predicted molar refractivity (Wildman–Crippen MR) is 59.8 cm³/mol. The van der Waals surface area contributed by atoms with Gasteiger partial charge in [0.15, 0.2) is 5.16 Å². The van der Waals surface area contributed by atoms with E-state index in [1.807, 2.05) is 12.4 Å². The minimum atomic E-state index is -0.166. The number of hydrogen-bond donors (Lipinski definition) is 1. The molecular formula is C10H18N2S. The molecule has 74 valence electrons. The lowest BCUT2D eigenvalue weighted by Gasteiger charge is -2.18. The van der Waals surface area contributed by atoms with E-state index in [4.69, 9.17) is 0 Å². The predicted octanol–water partition coefficient (Wildman–Crippen LogP) is 2.39. The zero-order valence-corrected chi connectivity index (χ0v) is 9.89. The Labute approximate surface area is 83.2 Å². The van der Waals surface area contributed by atoms with E-state index < -0.39 is 0 Å². The number of hydrogen-bond acceptors (Lipinski definition) is 2. The van der Waals surface area contributed by atoms with E-state index in [2.05, 4.69) is 43.3 Å².